The molecule has 0 spiro atoms. The second kappa shape index (κ2) is 5.56. The molecule has 1 unspecified atom stereocenters. The van der Waals surface area contributed by atoms with Gasteiger partial charge in [-0.25, -0.2) is 4.79 Å². The highest BCUT2D eigenvalue weighted by Crippen LogP contribution is 2.10. The molecular weight excluding hydrogens is 194 g/mol. The van der Waals surface area contributed by atoms with Crippen LogP contribution in [0.1, 0.15) is 6.42 Å². The molecule has 15 heavy (non-hydrogen) atoms. The van der Waals surface area contributed by atoms with Gasteiger partial charge in [-0.1, -0.05) is 0 Å². The van der Waals surface area contributed by atoms with Gasteiger partial charge in [0, 0.05) is 13.1 Å². The van der Waals surface area contributed by atoms with Crippen molar-refractivity contribution in [3.05, 3.63) is 0 Å². The number of ether oxygens (including phenoxy) is 1. The van der Waals surface area contributed by atoms with Crippen LogP contribution in [0.5, 0.6) is 0 Å². The molecule has 0 aromatic heterocycles. The number of hydrogen-bond acceptors (Lipinski definition) is 4. The summed E-state index contributed by atoms with van der Waals surface area (Å²) in [6.07, 6.45) is 0.612. The van der Waals surface area contributed by atoms with Crippen molar-refractivity contribution in [2.75, 3.05) is 40.3 Å². The summed E-state index contributed by atoms with van der Waals surface area (Å²) in [4.78, 5) is 15.0. The lowest BCUT2D eigenvalue weighted by atomic mass is 10.1. The molecule has 1 aliphatic rings. The van der Waals surface area contributed by atoms with Crippen LogP contribution in [0.4, 0.5) is 4.79 Å². The summed E-state index contributed by atoms with van der Waals surface area (Å²) in [7, 11) is 3.99. The van der Waals surface area contributed by atoms with Crippen molar-refractivity contribution in [3.63, 3.8) is 0 Å². The fourth-order valence-corrected chi connectivity index (χ4v) is 1.49. The molecule has 0 aliphatic carbocycles. The van der Waals surface area contributed by atoms with Crippen LogP contribution in [0.2, 0.25) is 0 Å². The van der Waals surface area contributed by atoms with Crippen molar-refractivity contribution in [2.45, 2.75) is 6.42 Å². The zero-order chi connectivity index (χ0) is 11.3. The second-order valence-corrected chi connectivity index (χ2v) is 4.01. The molecule has 1 aliphatic heterocycles. The van der Waals surface area contributed by atoms with Gasteiger partial charge in [0.05, 0.1) is 12.0 Å². The molecule has 1 atom stereocenters. The topological polar surface area (TPSA) is 56.6 Å². The van der Waals surface area contributed by atoms with E-state index in [0.717, 1.165) is 13.0 Å². The maximum atomic E-state index is 11.3. The van der Waals surface area contributed by atoms with E-state index in [1.807, 2.05) is 14.1 Å². The van der Waals surface area contributed by atoms with Crippen LogP contribution < -0.4 is 0 Å². The highest BCUT2D eigenvalue weighted by molar-refractivity contribution is 5.68. The van der Waals surface area contributed by atoms with E-state index in [0.29, 0.717) is 13.1 Å². The van der Waals surface area contributed by atoms with E-state index in [1.54, 1.807) is 4.90 Å². The minimum Gasteiger partial charge on any atom is -0.448 e. The van der Waals surface area contributed by atoms with E-state index in [-0.39, 0.29) is 18.6 Å². The molecule has 0 radical (unpaired) electrons. The van der Waals surface area contributed by atoms with Gasteiger partial charge in [-0.3, -0.25) is 0 Å². The third-order valence-electron chi connectivity index (χ3n) is 2.32. The average molecular weight is 211 g/mol. The van der Waals surface area contributed by atoms with Crippen LogP contribution in [0.15, 0.2) is 0 Å². The van der Waals surface area contributed by atoms with E-state index in [9.17, 15) is 4.79 Å². The van der Waals surface area contributed by atoms with Crippen LogP contribution in [-0.2, 0) is 4.74 Å². The molecule has 1 amide bonds. The van der Waals surface area contributed by atoms with E-state index < -0.39 is 0 Å². The molecule has 0 aromatic carbocycles. The number of cyclic esters (lactones) is 1. The Morgan fingerprint density at radius 2 is 2.40 bits per heavy atom. The molecule has 5 heteroatoms. The van der Waals surface area contributed by atoms with Crippen molar-refractivity contribution in [2.24, 2.45) is 5.92 Å². The van der Waals surface area contributed by atoms with Gasteiger partial charge in [-0.2, -0.15) is 5.26 Å². The van der Waals surface area contributed by atoms with Crippen LogP contribution in [0.25, 0.3) is 0 Å². The Morgan fingerprint density at radius 1 is 1.67 bits per heavy atom. The van der Waals surface area contributed by atoms with Crippen LogP contribution in [-0.4, -0.2) is 56.2 Å². The Morgan fingerprint density at radius 3 is 3.00 bits per heavy atom. The van der Waals surface area contributed by atoms with Gasteiger partial charge in [0.1, 0.15) is 6.61 Å². The monoisotopic (exact) mass is 211 g/mol. The largest absolute Gasteiger partial charge is 0.448 e. The molecule has 1 saturated heterocycles. The van der Waals surface area contributed by atoms with Gasteiger partial charge in [0.25, 0.3) is 0 Å². The number of hydrogen-bond donors (Lipinski definition) is 0. The van der Waals surface area contributed by atoms with Gasteiger partial charge in [0.15, 0.2) is 0 Å². The second-order valence-electron chi connectivity index (χ2n) is 4.01. The molecule has 84 valence electrons. The quantitative estimate of drug-likeness (QED) is 0.680. The first kappa shape index (κ1) is 11.8. The Kier molecular flexibility index (Phi) is 4.37. The number of rotatable bonds is 4. The van der Waals surface area contributed by atoms with Gasteiger partial charge in [-0.05, 0) is 27.1 Å². The number of amides is 1. The number of carbonyl (C=O) groups is 1. The maximum Gasteiger partial charge on any atom is 0.409 e. The SMILES string of the molecule is CN(C)CCCN1CC(C#N)COC1=O. The Labute approximate surface area is 90.2 Å². The third kappa shape index (κ3) is 3.76. The molecular formula is C10H17N3O2. The van der Waals surface area contributed by atoms with Crippen LogP contribution in [0, 0.1) is 17.2 Å². The van der Waals surface area contributed by atoms with E-state index in [4.69, 9.17) is 10.00 Å². The molecule has 0 saturated carbocycles. The summed E-state index contributed by atoms with van der Waals surface area (Å²) in [6, 6.07) is 2.12. The fourth-order valence-electron chi connectivity index (χ4n) is 1.49. The van der Waals surface area contributed by atoms with Crippen molar-refractivity contribution in [3.8, 4) is 6.07 Å². The van der Waals surface area contributed by atoms with Crippen LogP contribution in [0.3, 0.4) is 0 Å². The third-order valence-corrected chi connectivity index (χ3v) is 2.32. The normalized spacial score (nSPS) is 21.3. The number of nitriles is 1. The lowest BCUT2D eigenvalue weighted by Gasteiger charge is -2.29. The molecule has 5 nitrogen and oxygen atoms in total. The lowest BCUT2D eigenvalue weighted by Crippen LogP contribution is -2.43. The summed E-state index contributed by atoms with van der Waals surface area (Å²) in [5.74, 6) is -0.179. The van der Waals surface area contributed by atoms with E-state index in [1.165, 1.54) is 0 Å². The first-order chi connectivity index (χ1) is 7.13. The van der Waals surface area contributed by atoms with Gasteiger partial charge in [0.2, 0.25) is 0 Å². The maximum absolute atomic E-state index is 11.3. The molecule has 1 fully saturated rings. The Balaban J connectivity index is 2.32. The highest BCUT2D eigenvalue weighted by atomic mass is 16.6. The zero-order valence-corrected chi connectivity index (χ0v) is 9.27. The molecule has 0 aromatic rings. The standard InChI is InChI=1S/C10H17N3O2/c1-12(2)4-3-5-13-7-9(6-11)8-15-10(13)14/h9H,3-5,7-8H2,1-2H3. The number of carbonyl (C=O) groups excluding carboxylic acids is 1. The molecule has 0 N–H and O–H groups in total. The predicted octanol–water partition coefficient (Wildman–Crippen LogP) is 0.530. The summed E-state index contributed by atoms with van der Waals surface area (Å²) >= 11 is 0. The number of nitrogens with zero attached hydrogens (tertiary/aromatic N) is 3. The van der Waals surface area contributed by atoms with E-state index >= 15 is 0 Å². The molecule has 1 rings (SSSR count). The summed E-state index contributed by atoms with van der Waals surface area (Å²) < 4.78 is 4.90. The van der Waals surface area contributed by atoms with Crippen molar-refractivity contribution in [1.29, 1.82) is 5.26 Å². The van der Waals surface area contributed by atoms with Gasteiger partial charge >= 0.3 is 6.09 Å². The summed E-state index contributed by atoms with van der Waals surface area (Å²) in [5.41, 5.74) is 0. The lowest BCUT2D eigenvalue weighted by molar-refractivity contribution is 0.0555. The average Bonchev–Trinajstić information content (AvgIpc) is 2.20. The minimum atomic E-state index is -0.291. The first-order valence-corrected chi connectivity index (χ1v) is 5.09. The predicted molar refractivity (Wildman–Crippen MR) is 55.2 cm³/mol. The minimum absolute atomic E-state index is 0.179. The summed E-state index contributed by atoms with van der Waals surface area (Å²) in [6.45, 7) is 2.33. The Hall–Kier alpha value is -1.28. The highest BCUT2D eigenvalue weighted by Gasteiger charge is 2.26. The molecule has 0 bridgehead atoms. The van der Waals surface area contributed by atoms with Crippen molar-refractivity contribution < 1.29 is 9.53 Å². The van der Waals surface area contributed by atoms with Crippen LogP contribution >= 0.6 is 0 Å². The molecule has 1 heterocycles. The van der Waals surface area contributed by atoms with Crippen molar-refractivity contribution in [1.82, 2.24) is 9.80 Å². The smallest absolute Gasteiger partial charge is 0.409 e. The van der Waals surface area contributed by atoms with E-state index in [2.05, 4.69) is 11.0 Å². The first-order valence-electron chi connectivity index (χ1n) is 5.09. The Bertz CT molecular complexity index is 260. The van der Waals surface area contributed by atoms with Crippen molar-refractivity contribution >= 4 is 6.09 Å². The summed E-state index contributed by atoms with van der Waals surface area (Å²) in [5, 5.41) is 8.73. The van der Waals surface area contributed by atoms with Gasteiger partial charge < -0.3 is 14.5 Å². The van der Waals surface area contributed by atoms with Gasteiger partial charge in [-0.15, -0.1) is 0 Å². The fraction of sp³-hybridized carbons (Fsp3) is 0.800. The zero-order valence-electron chi connectivity index (χ0n) is 9.27.